The summed E-state index contributed by atoms with van der Waals surface area (Å²) in [5.74, 6) is 0. The molecule has 0 fully saturated rings. The largest absolute Gasteiger partial charge is 0.262 e. The van der Waals surface area contributed by atoms with Gasteiger partial charge in [0.1, 0.15) is 0 Å². The van der Waals surface area contributed by atoms with Crippen LogP contribution in [0.5, 0.6) is 0 Å². The van der Waals surface area contributed by atoms with Crippen LogP contribution < -0.4 is 0 Å². The highest BCUT2D eigenvalue weighted by Gasteiger charge is 2.52. The predicted octanol–water partition coefficient (Wildman–Crippen LogP) is 10.3. The van der Waals surface area contributed by atoms with Crippen molar-refractivity contribution in [2.24, 2.45) is 0 Å². The summed E-state index contributed by atoms with van der Waals surface area (Å²) in [6, 6.07) is 27.7. The molecule has 1 aliphatic carbocycles. The SMILES string of the molecule is CCC[Si](Cl)(Cl)C1c2ccccc2C([Si](Cl)(Cl)CCC)c2c1c1ccccc1c1ccccc21. The number of fused-ring (bicyclic) bond motifs is 7. The number of halogens is 4. The highest BCUT2D eigenvalue weighted by Crippen LogP contribution is 2.58. The molecule has 0 bridgehead atoms. The molecule has 2 unspecified atom stereocenters. The molecule has 4 aromatic rings. The van der Waals surface area contributed by atoms with Gasteiger partial charge < -0.3 is 0 Å². The minimum absolute atomic E-state index is 0.0347. The Morgan fingerprint density at radius 2 is 0.853 bits per heavy atom. The Labute approximate surface area is 223 Å². The van der Waals surface area contributed by atoms with Gasteiger partial charge in [0.25, 0.3) is 13.4 Å². The zero-order valence-corrected chi connectivity index (χ0v) is 24.4. The summed E-state index contributed by atoms with van der Waals surface area (Å²) in [6.07, 6.45) is 1.92. The van der Waals surface area contributed by atoms with Gasteiger partial charge in [-0.15, -0.1) is 44.3 Å². The molecule has 0 nitrogen and oxygen atoms in total. The van der Waals surface area contributed by atoms with Gasteiger partial charge >= 0.3 is 0 Å². The lowest BCUT2D eigenvalue weighted by atomic mass is 9.79. The van der Waals surface area contributed by atoms with Crippen LogP contribution in [0, 0.1) is 0 Å². The first-order chi connectivity index (χ1) is 16.3. The normalized spacial score (nSPS) is 18.2. The Morgan fingerprint density at radius 1 is 0.529 bits per heavy atom. The second kappa shape index (κ2) is 9.46. The molecule has 0 spiro atoms. The van der Waals surface area contributed by atoms with Gasteiger partial charge in [0, 0.05) is 11.1 Å². The first-order valence-electron chi connectivity index (χ1n) is 12.1. The van der Waals surface area contributed by atoms with Crippen LogP contribution in [0.25, 0.3) is 21.5 Å². The van der Waals surface area contributed by atoms with E-state index in [1.807, 2.05) is 0 Å². The molecule has 34 heavy (non-hydrogen) atoms. The van der Waals surface area contributed by atoms with Crippen LogP contribution in [-0.2, 0) is 0 Å². The van der Waals surface area contributed by atoms with E-state index in [2.05, 4.69) is 86.6 Å². The Balaban J connectivity index is 2.00. The number of hydrogen-bond acceptors (Lipinski definition) is 0. The van der Waals surface area contributed by atoms with Gasteiger partial charge in [-0.3, -0.25) is 0 Å². The molecular formula is C28H28Cl4Si2. The van der Waals surface area contributed by atoms with Crippen LogP contribution in [-0.4, -0.2) is 13.4 Å². The summed E-state index contributed by atoms with van der Waals surface area (Å²) < 4.78 is 0. The van der Waals surface area contributed by atoms with E-state index in [0.717, 1.165) is 24.9 Å². The van der Waals surface area contributed by atoms with E-state index >= 15 is 0 Å². The third kappa shape index (κ3) is 3.95. The highest BCUT2D eigenvalue weighted by atomic mass is 35.7. The fraction of sp³-hybridized carbons (Fsp3) is 0.286. The van der Waals surface area contributed by atoms with Gasteiger partial charge in [-0.25, -0.2) is 0 Å². The number of benzene rings is 4. The van der Waals surface area contributed by atoms with Crippen molar-refractivity contribution < 1.29 is 0 Å². The minimum Gasteiger partial charge on any atom is -0.145 e. The van der Waals surface area contributed by atoms with Crippen molar-refractivity contribution >= 4 is 79.2 Å². The lowest BCUT2D eigenvalue weighted by molar-refractivity contribution is 0.917. The summed E-state index contributed by atoms with van der Waals surface area (Å²) in [4.78, 5) is 0. The first-order valence-corrected chi connectivity index (χ1v) is 20.7. The van der Waals surface area contributed by atoms with Crippen LogP contribution >= 0.6 is 44.3 Å². The Bertz CT molecular complexity index is 1260. The summed E-state index contributed by atoms with van der Waals surface area (Å²) in [7, 11) is 0. The van der Waals surface area contributed by atoms with Gasteiger partial charge in [0.15, 0.2) is 0 Å². The zero-order valence-electron chi connectivity index (χ0n) is 19.4. The maximum absolute atomic E-state index is 7.40. The molecule has 0 radical (unpaired) electrons. The van der Waals surface area contributed by atoms with E-state index in [4.69, 9.17) is 44.3 Å². The van der Waals surface area contributed by atoms with Crippen molar-refractivity contribution in [3.63, 3.8) is 0 Å². The summed E-state index contributed by atoms with van der Waals surface area (Å²) in [6.45, 7) is -1.15. The van der Waals surface area contributed by atoms with Crippen molar-refractivity contribution in [3.05, 3.63) is 95.1 Å². The third-order valence-corrected chi connectivity index (χ3v) is 17.3. The van der Waals surface area contributed by atoms with Crippen molar-refractivity contribution in [1.29, 1.82) is 0 Å². The van der Waals surface area contributed by atoms with Gasteiger partial charge in [0.2, 0.25) is 0 Å². The fourth-order valence-electron chi connectivity index (χ4n) is 6.00. The lowest BCUT2D eigenvalue weighted by Gasteiger charge is -2.43. The van der Waals surface area contributed by atoms with E-state index in [1.54, 1.807) is 0 Å². The van der Waals surface area contributed by atoms with E-state index in [1.165, 1.54) is 43.8 Å². The predicted molar refractivity (Wildman–Crippen MR) is 157 cm³/mol. The second-order valence-electron chi connectivity index (χ2n) is 9.44. The average Bonchev–Trinajstić information content (AvgIpc) is 2.82. The number of rotatable bonds is 6. The average molecular weight is 563 g/mol. The molecule has 5 rings (SSSR count). The molecule has 0 N–H and O–H groups in total. The molecule has 4 aromatic carbocycles. The second-order valence-corrected chi connectivity index (χ2v) is 23.9. The molecule has 0 saturated carbocycles. The molecular weight excluding hydrogens is 534 g/mol. The van der Waals surface area contributed by atoms with Crippen molar-refractivity contribution in [2.75, 3.05) is 0 Å². The Morgan fingerprint density at radius 3 is 1.21 bits per heavy atom. The Hall–Kier alpha value is -1.01. The molecule has 0 heterocycles. The third-order valence-electron chi connectivity index (χ3n) is 7.22. The van der Waals surface area contributed by atoms with Crippen LogP contribution in [0.3, 0.4) is 0 Å². The minimum atomic E-state index is -2.74. The van der Waals surface area contributed by atoms with Crippen LogP contribution in [0.15, 0.2) is 72.8 Å². The number of hydrogen-bond donors (Lipinski definition) is 0. The quantitative estimate of drug-likeness (QED) is 0.125. The van der Waals surface area contributed by atoms with Crippen LogP contribution in [0.4, 0.5) is 0 Å². The van der Waals surface area contributed by atoms with Gasteiger partial charge in [-0.2, -0.15) is 0 Å². The summed E-state index contributed by atoms with van der Waals surface area (Å²) >= 11 is 29.6. The van der Waals surface area contributed by atoms with E-state index in [0.29, 0.717) is 0 Å². The van der Waals surface area contributed by atoms with Gasteiger partial charge in [-0.1, -0.05) is 99.5 Å². The standard InChI is InChI=1S/C28H28Cl4Si2/c1-3-17-33(29,30)27-23-15-9-10-16-24(23)28(34(31,32)18-4-2)26-22-14-8-6-12-20(22)19-11-5-7-13-21(19)25(26)27/h5-16,27-28H,3-4,17-18H2,1-2H3. The lowest BCUT2D eigenvalue weighted by Crippen LogP contribution is -2.40. The summed E-state index contributed by atoms with van der Waals surface area (Å²) in [5, 5.41) is 4.93. The summed E-state index contributed by atoms with van der Waals surface area (Å²) in [5.41, 5.74) is 4.90. The fourth-order valence-corrected chi connectivity index (χ4v) is 15.8. The van der Waals surface area contributed by atoms with Crippen molar-refractivity contribution in [3.8, 4) is 0 Å². The molecule has 1 aliphatic rings. The molecule has 6 heteroatoms. The molecule has 0 aliphatic heterocycles. The van der Waals surface area contributed by atoms with Crippen LogP contribution in [0.1, 0.15) is 60.0 Å². The van der Waals surface area contributed by atoms with Crippen LogP contribution in [0.2, 0.25) is 12.1 Å². The molecule has 176 valence electrons. The van der Waals surface area contributed by atoms with Crippen molar-refractivity contribution in [2.45, 2.75) is 49.9 Å². The van der Waals surface area contributed by atoms with Gasteiger partial charge in [0.05, 0.1) is 0 Å². The van der Waals surface area contributed by atoms with E-state index in [9.17, 15) is 0 Å². The van der Waals surface area contributed by atoms with Gasteiger partial charge in [-0.05, 0) is 55.9 Å². The zero-order chi connectivity index (χ0) is 24.1. The molecule has 2 atom stereocenters. The van der Waals surface area contributed by atoms with E-state index in [-0.39, 0.29) is 11.1 Å². The van der Waals surface area contributed by atoms with E-state index < -0.39 is 13.4 Å². The van der Waals surface area contributed by atoms with Crippen molar-refractivity contribution in [1.82, 2.24) is 0 Å². The smallest absolute Gasteiger partial charge is 0.145 e. The molecule has 0 aromatic heterocycles. The molecule has 0 saturated heterocycles. The Kier molecular flexibility index (Phi) is 6.87. The maximum atomic E-state index is 7.40. The monoisotopic (exact) mass is 560 g/mol. The topological polar surface area (TPSA) is 0 Å². The first kappa shape index (κ1) is 24.7. The maximum Gasteiger partial charge on any atom is 0.262 e. The highest BCUT2D eigenvalue weighted by molar-refractivity contribution is 7.46. The molecule has 0 amide bonds.